The van der Waals surface area contributed by atoms with Gasteiger partial charge in [-0.25, -0.2) is 0 Å². The van der Waals surface area contributed by atoms with Crippen molar-refractivity contribution in [3.63, 3.8) is 0 Å². The monoisotopic (exact) mass is 343 g/mol. The fourth-order valence-electron chi connectivity index (χ4n) is 2.00. The normalized spacial score (nSPS) is 11.7. The summed E-state index contributed by atoms with van der Waals surface area (Å²) in [4.78, 5) is 0.739. The molecule has 0 atom stereocenters. The molecule has 0 aromatic heterocycles. The maximum absolute atomic E-state index is 9.38. The summed E-state index contributed by atoms with van der Waals surface area (Å²) in [6.07, 6.45) is 1.94. The lowest BCUT2D eigenvalue weighted by molar-refractivity contribution is 1.41. The highest BCUT2D eigenvalue weighted by Crippen LogP contribution is 2.31. The van der Waals surface area contributed by atoms with Crippen LogP contribution in [-0.4, -0.2) is 6.26 Å². The lowest BCUT2D eigenvalue weighted by Crippen LogP contribution is -1.92. The molecule has 0 saturated heterocycles. The summed E-state index contributed by atoms with van der Waals surface area (Å²) in [5.41, 5.74) is 4.38. The van der Waals surface area contributed by atoms with Gasteiger partial charge in [-0.05, 0) is 22.9 Å². The predicted molar refractivity (Wildman–Crippen MR) is 90.7 cm³/mol. The van der Waals surface area contributed by atoms with E-state index in [1.54, 1.807) is 0 Å². The Morgan fingerprint density at radius 1 is 1.05 bits per heavy atom. The summed E-state index contributed by atoms with van der Waals surface area (Å²) < 4.78 is 0. The minimum atomic E-state index is 0.739. The zero-order valence-corrected chi connectivity index (χ0v) is 13.5. The van der Waals surface area contributed by atoms with Gasteiger partial charge in [0, 0.05) is 10.9 Å². The number of alkyl halides is 1. The highest BCUT2D eigenvalue weighted by molar-refractivity contribution is 9.08. The predicted octanol–water partition coefficient (Wildman–Crippen LogP) is 5.23. The molecule has 0 radical (unpaired) electrons. The topological polar surface area (TPSA) is 23.8 Å². The Hall–Kier alpha value is -1.50. The fraction of sp³-hybridized carbons (Fsp3) is 0.118. The molecule has 0 unspecified atom stereocenters. The average molecular weight is 344 g/mol. The quantitative estimate of drug-likeness (QED) is 0.560. The Balaban J connectivity index is 2.58. The molecule has 0 N–H and O–H groups in total. The van der Waals surface area contributed by atoms with E-state index in [1.807, 2.05) is 36.6 Å². The van der Waals surface area contributed by atoms with Crippen molar-refractivity contribution >= 4 is 33.3 Å². The van der Waals surface area contributed by atoms with E-state index in [2.05, 4.69) is 46.3 Å². The van der Waals surface area contributed by atoms with E-state index in [-0.39, 0.29) is 0 Å². The largest absolute Gasteiger partial charge is 0.192 e. The molecule has 20 heavy (non-hydrogen) atoms. The van der Waals surface area contributed by atoms with Crippen LogP contribution >= 0.6 is 27.7 Å². The first-order valence-corrected chi connectivity index (χ1v) is 8.54. The van der Waals surface area contributed by atoms with Crippen molar-refractivity contribution in [1.82, 2.24) is 0 Å². The number of hydrogen-bond donors (Lipinski definition) is 0. The summed E-state index contributed by atoms with van der Waals surface area (Å²) in [6.45, 7) is 0. The van der Waals surface area contributed by atoms with Gasteiger partial charge in [-0.2, -0.15) is 5.26 Å². The molecule has 0 heterocycles. The first-order chi connectivity index (χ1) is 9.80. The summed E-state index contributed by atoms with van der Waals surface area (Å²) in [5.74, 6) is 0. The second-order valence-corrected chi connectivity index (χ2v) is 5.59. The van der Waals surface area contributed by atoms with E-state index in [4.69, 9.17) is 0 Å². The summed E-state index contributed by atoms with van der Waals surface area (Å²) in [7, 11) is 0. The van der Waals surface area contributed by atoms with Gasteiger partial charge in [-0.1, -0.05) is 70.5 Å². The number of allylic oxidation sites excluding steroid dienone is 1. The van der Waals surface area contributed by atoms with Crippen LogP contribution in [0.15, 0.2) is 59.5 Å². The number of halogens is 1. The maximum atomic E-state index is 9.38. The number of thioether (sulfide) groups is 1. The van der Waals surface area contributed by atoms with Gasteiger partial charge in [0.05, 0.1) is 4.91 Å². The first-order valence-electron chi connectivity index (χ1n) is 6.19. The van der Waals surface area contributed by atoms with E-state index >= 15 is 0 Å². The molecule has 0 spiro atoms. The van der Waals surface area contributed by atoms with Crippen molar-refractivity contribution in [2.45, 2.75) is 5.33 Å². The standard InChI is InChI=1S/C17H14BrNS/c1-20-16(12-19)17(14-5-3-2-4-6-14)15-9-7-13(11-18)8-10-15/h2-10H,11H2,1H3. The molecule has 0 fully saturated rings. The van der Waals surface area contributed by atoms with Crippen LogP contribution in [0.3, 0.4) is 0 Å². The molecule has 0 aliphatic rings. The molecule has 3 heteroatoms. The number of nitrogens with zero attached hydrogens (tertiary/aromatic N) is 1. The Kier molecular flexibility index (Phi) is 5.46. The zero-order valence-electron chi connectivity index (χ0n) is 11.1. The molecule has 100 valence electrons. The van der Waals surface area contributed by atoms with E-state index in [9.17, 15) is 5.26 Å². The highest BCUT2D eigenvalue weighted by Gasteiger charge is 2.11. The van der Waals surface area contributed by atoms with Gasteiger partial charge in [0.25, 0.3) is 0 Å². The molecule has 0 aliphatic heterocycles. The fourth-order valence-corrected chi connectivity index (χ4v) is 2.90. The van der Waals surface area contributed by atoms with Crippen molar-refractivity contribution in [3.8, 4) is 6.07 Å². The highest BCUT2D eigenvalue weighted by atomic mass is 79.9. The van der Waals surface area contributed by atoms with Gasteiger partial charge in [0.1, 0.15) is 6.07 Å². The maximum Gasteiger partial charge on any atom is 0.107 e. The van der Waals surface area contributed by atoms with Crippen molar-refractivity contribution in [2.24, 2.45) is 0 Å². The second-order valence-electron chi connectivity index (χ2n) is 4.22. The lowest BCUT2D eigenvalue weighted by Gasteiger charge is -2.11. The third-order valence-corrected chi connectivity index (χ3v) is 4.34. The summed E-state index contributed by atoms with van der Waals surface area (Å²) in [5, 5.41) is 10.2. The van der Waals surface area contributed by atoms with Crippen LogP contribution in [0.25, 0.3) is 5.57 Å². The number of rotatable bonds is 4. The molecular weight excluding hydrogens is 330 g/mol. The number of hydrogen-bond acceptors (Lipinski definition) is 2. The smallest absolute Gasteiger partial charge is 0.107 e. The molecule has 2 aromatic carbocycles. The SMILES string of the molecule is CSC(C#N)=C(c1ccccc1)c1ccc(CBr)cc1. The molecule has 0 saturated carbocycles. The van der Waals surface area contributed by atoms with E-state index in [0.717, 1.165) is 26.9 Å². The number of benzene rings is 2. The Labute approximate surface area is 132 Å². The van der Waals surface area contributed by atoms with E-state index in [0.29, 0.717) is 0 Å². The van der Waals surface area contributed by atoms with Crippen LogP contribution in [0.2, 0.25) is 0 Å². The Morgan fingerprint density at radius 2 is 1.65 bits per heavy atom. The van der Waals surface area contributed by atoms with Crippen molar-refractivity contribution < 1.29 is 0 Å². The third-order valence-electron chi connectivity index (χ3n) is 2.99. The van der Waals surface area contributed by atoms with Gasteiger partial charge < -0.3 is 0 Å². The van der Waals surface area contributed by atoms with Gasteiger partial charge in [0.15, 0.2) is 0 Å². The Bertz CT molecular complexity index is 639. The molecule has 0 bridgehead atoms. The summed E-state index contributed by atoms with van der Waals surface area (Å²) in [6, 6.07) is 20.7. The first kappa shape index (κ1) is 14.9. The van der Waals surface area contributed by atoms with Crippen molar-refractivity contribution in [1.29, 1.82) is 5.26 Å². The van der Waals surface area contributed by atoms with Crippen molar-refractivity contribution in [3.05, 3.63) is 76.2 Å². The molecule has 2 rings (SSSR count). The average Bonchev–Trinajstić information content (AvgIpc) is 2.53. The summed E-state index contributed by atoms with van der Waals surface area (Å²) >= 11 is 4.94. The molecular formula is C17H14BrNS. The van der Waals surface area contributed by atoms with Crippen molar-refractivity contribution in [2.75, 3.05) is 6.26 Å². The van der Waals surface area contributed by atoms with Gasteiger partial charge in [0.2, 0.25) is 0 Å². The Morgan fingerprint density at radius 3 is 2.15 bits per heavy atom. The lowest BCUT2D eigenvalue weighted by atomic mass is 9.97. The van der Waals surface area contributed by atoms with Crippen LogP contribution in [0.1, 0.15) is 16.7 Å². The molecule has 2 aromatic rings. The van der Waals surface area contributed by atoms with Crippen LogP contribution in [0.5, 0.6) is 0 Å². The minimum absolute atomic E-state index is 0.739. The van der Waals surface area contributed by atoms with Crippen LogP contribution < -0.4 is 0 Å². The van der Waals surface area contributed by atoms with E-state index < -0.39 is 0 Å². The molecule has 0 aliphatic carbocycles. The second kappa shape index (κ2) is 7.33. The minimum Gasteiger partial charge on any atom is -0.192 e. The van der Waals surface area contributed by atoms with Crippen LogP contribution in [-0.2, 0) is 5.33 Å². The number of nitriles is 1. The van der Waals surface area contributed by atoms with Gasteiger partial charge in [-0.3, -0.25) is 0 Å². The third kappa shape index (κ3) is 3.33. The van der Waals surface area contributed by atoms with Gasteiger partial charge in [-0.15, -0.1) is 11.8 Å². The van der Waals surface area contributed by atoms with Crippen LogP contribution in [0, 0.1) is 11.3 Å². The van der Waals surface area contributed by atoms with Crippen LogP contribution in [0.4, 0.5) is 0 Å². The molecule has 0 amide bonds. The molecule has 1 nitrogen and oxygen atoms in total. The van der Waals surface area contributed by atoms with E-state index in [1.165, 1.54) is 17.3 Å². The van der Waals surface area contributed by atoms with Gasteiger partial charge >= 0.3 is 0 Å². The zero-order chi connectivity index (χ0) is 14.4.